The van der Waals surface area contributed by atoms with Gasteiger partial charge in [0, 0.05) is 4.90 Å². The van der Waals surface area contributed by atoms with E-state index in [-0.39, 0.29) is 5.91 Å². The van der Waals surface area contributed by atoms with Crippen LogP contribution in [-0.2, 0) is 10.3 Å². The molecule has 1 saturated heterocycles. The Hall–Kier alpha value is -1.49. The van der Waals surface area contributed by atoms with E-state index >= 15 is 0 Å². The highest BCUT2D eigenvalue weighted by atomic mass is 32.2. The van der Waals surface area contributed by atoms with Gasteiger partial charge in [0.25, 0.3) is 5.91 Å². The largest absolute Gasteiger partial charge is 0.338 e. The van der Waals surface area contributed by atoms with Crippen LogP contribution in [0.5, 0.6) is 0 Å². The highest BCUT2D eigenvalue weighted by molar-refractivity contribution is 7.98. The molecule has 100 valence electrons. The van der Waals surface area contributed by atoms with Gasteiger partial charge < -0.3 is 5.32 Å². The fourth-order valence-corrected chi connectivity index (χ4v) is 2.54. The highest BCUT2D eigenvalue weighted by Gasteiger charge is 2.42. The van der Waals surface area contributed by atoms with Crippen molar-refractivity contribution in [1.29, 1.82) is 0 Å². The van der Waals surface area contributed by atoms with Crippen LogP contribution >= 0.6 is 11.8 Å². The van der Waals surface area contributed by atoms with E-state index in [2.05, 4.69) is 15.6 Å². The van der Waals surface area contributed by atoms with Crippen molar-refractivity contribution in [2.24, 2.45) is 4.99 Å². The molecule has 0 bridgehead atoms. The second-order valence-electron chi connectivity index (χ2n) is 5.14. The van der Waals surface area contributed by atoms with E-state index in [0.29, 0.717) is 12.0 Å². The Morgan fingerprint density at radius 3 is 2.58 bits per heavy atom. The predicted molar refractivity (Wildman–Crippen MR) is 77.3 cm³/mol. The first-order chi connectivity index (χ1) is 9.11. The molecule has 1 aliphatic carbocycles. The summed E-state index contributed by atoms with van der Waals surface area (Å²) in [6.45, 7) is 1.89. The number of amides is 1. The Morgan fingerprint density at radius 2 is 2.00 bits per heavy atom. The number of nitrogens with zero attached hydrogens (tertiary/aromatic N) is 1. The van der Waals surface area contributed by atoms with Crippen molar-refractivity contribution in [1.82, 2.24) is 10.6 Å². The number of nitrogens with one attached hydrogen (secondary N) is 2. The maximum Gasteiger partial charge on any atom is 0.256 e. The molecule has 0 radical (unpaired) electrons. The normalized spacial score (nSPS) is 28.3. The number of hydrogen-bond donors (Lipinski definition) is 2. The zero-order valence-corrected chi connectivity index (χ0v) is 11.9. The van der Waals surface area contributed by atoms with Crippen molar-refractivity contribution in [2.45, 2.75) is 36.2 Å². The molecule has 1 amide bonds. The maximum absolute atomic E-state index is 12.2. The Kier molecular flexibility index (Phi) is 3.01. The number of rotatable bonds is 3. The van der Waals surface area contributed by atoms with E-state index in [9.17, 15) is 4.79 Å². The van der Waals surface area contributed by atoms with Crippen LogP contribution in [0, 0.1) is 0 Å². The third-order valence-corrected chi connectivity index (χ3v) is 4.32. The number of thioether (sulfide) groups is 1. The van der Waals surface area contributed by atoms with Crippen molar-refractivity contribution in [3.8, 4) is 0 Å². The first kappa shape index (κ1) is 12.5. The molecule has 5 heteroatoms. The van der Waals surface area contributed by atoms with Crippen LogP contribution in [0.3, 0.4) is 0 Å². The number of hydrogen-bond acceptors (Lipinski definition) is 3. The van der Waals surface area contributed by atoms with Crippen molar-refractivity contribution in [2.75, 3.05) is 6.26 Å². The first-order valence-corrected chi connectivity index (χ1v) is 7.66. The van der Waals surface area contributed by atoms with Gasteiger partial charge in [-0.2, -0.15) is 0 Å². The zero-order valence-electron chi connectivity index (χ0n) is 11.1. The number of benzene rings is 1. The highest BCUT2D eigenvalue weighted by Crippen LogP contribution is 2.28. The van der Waals surface area contributed by atoms with Crippen LogP contribution < -0.4 is 10.6 Å². The van der Waals surface area contributed by atoms with Crippen LogP contribution in [0.15, 0.2) is 34.2 Å². The van der Waals surface area contributed by atoms with E-state index in [0.717, 1.165) is 18.4 Å². The lowest BCUT2D eigenvalue weighted by Crippen LogP contribution is -2.40. The average Bonchev–Trinajstić information content (AvgIpc) is 3.17. The molecule has 19 heavy (non-hydrogen) atoms. The molecular weight excluding hydrogens is 258 g/mol. The van der Waals surface area contributed by atoms with Gasteiger partial charge in [0.05, 0.1) is 6.04 Å². The molecule has 4 nitrogen and oxygen atoms in total. The first-order valence-electron chi connectivity index (χ1n) is 6.44. The third kappa shape index (κ3) is 2.34. The van der Waals surface area contributed by atoms with Crippen molar-refractivity contribution >= 4 is 23.6 Å². The fourth-order valence-electron chi connectivity index (χ4n) is 2.14. The minimum absolute atomic E-state index is 0.0381. The predicted octanol–water partition coefficient (Wildman–Crippen LogP) is 1.86. The molecule has 1 aromatic carbocycles. The molecule has 2 aliphatic rings. The van der Waals surface area contributed by atoms with Gasteiger partial charge in [-0.1, -0.05) is 12.1 Å². The number of guanidine groups is 1. The van der Waals surface area contributed by atoms with Crippen LogP contribution in [0.1, 0.15) is 25.3 Å². The van der Waals surface area contributed by atoms with Gasteiger partial charge in [-0.05, 0) is 43.7 Å². The van der Waals surface area contributed by atoms with E-state index in [1.165, 1.54) is 4.90 Å². The minimum Gasteiger partial charge on any atom is -0.338 e. The average molecular weight is 275 g/mol. The maximum atomic E-state index is 12.2. The van der Waals surface area contributed by atoms with Crippen LogP contribution in [0.2, 0.25) is 0 Å². The summed E-state index contributed by atoms with van der Waals surface area (Å²) in [6.07, 6.45) is 4.29. The zero-order chi connectivity index (χ0) is 13.5. The van der Waals surface area contributed by atoms with Crippen LogP contribution in [0.4, 0.5) is 0 Å². The molecule has 0 spiro atoms. The molecule has 2 fully saturated rings. The van der Waals surface area contributed by atoms with E-state index in [1.807, 2.05) is 37.4 Å². The summed E-state index contributed by atoms with van der Waals surface area (Å²) < 4.78 is 0. The van der Waals surface area contributed by atoms with Gasteiger partial charge in [-0.15, -0.1) is 11.8 Å². The van der Waals surface area contributed by atoms with Gasteiger partial charge in [-0.3, -0.25) is 10.1 Å². The molecule has 0 aromatic heterocycles. The number of carbonyl (C=O) groups is 1. The lowest BCUT2D eigenvalue weighted by molar-refractivity contribution is -0.123. The topological polar surface area (TPSA) is 53.5 Å². The lowest BCUT2D eigenvalue weighted by atomic mass is 9.92. The van der Waals surface area contributed by atoms with E-state index in [1.54, 1.807) is 11.8 Å². The monoisotopic (exact) mass is 275 g/mol. The van der Waals surface area contributed by atoms with E-state index < -0.39 is 5.54 Å². The fraction of sp³-hybridized carbons (Fsp3) is 0.429. The second kappa shape index (κ2) is 4.56. The summed E-state index contributed by atoms with van der Waals surface area (Å²) in [4.78, 5) is 17.9. The van der Waals surface area contributed by atoms with Gasteiger partial charge in [-0.25, -0.2) is 4.99 Å². The third-order valence-electron chi connectivity index (χ3n) is 3.58. The Balaban J connectivity index is 1.86. The number of aliphatic imine (C=N–C) groups is 1. The molecule has 1 saturated carbocycles. The van der Waals surface area contributed by atoms with Crippen LogP contribution in [-0.4, -0.2) is 24.2 Å². The Bertz CT molecular complexity index is 536. The minimum atomic E-state index is -0.718. The SMILES string of the molecule is CSc1ccc(C2(C)NC(=NC3CC3)NC2=O)cc1. The molecule has 1 aromatic rings. The molecule has 1 heterocycles. The van der Waals surface area contributed by atoms with Gasteiger partial charge >= 0.3 is 0 Å². The standard InChI is InChI=1S/C14H17N3OS/c1-14(9-3-7-11(19-2)8-4-9)12(18)16-13(17-14)15-10-5-6-10/h3-4,7-8,10H,5-6H2,1-2H3,(H2,15,16,17,18). The van der Waals surface area contributed by atoms with E-state index in [4.69, 9.17) is 0 Å². The second-order valence-corrected chi connectivity index (χ2v) is 6.02. The van der Waals surface area contributed by atoms with Gasteiger partial charge in [0.1, 0.15) is 5.54 Å². The van der Waals surface area contributed by atoms with Crippen molar-refractivity contribution in [3.05, 3.63) is 29.8 Å². The summed E-state index contributed by atoms with van der Waals surface area (Å²) in [5.74, 6) is 0.577. The number of carbonyl (C=O) groups excluding carboxylic acids is 1. The Morgan fingerprint density at radius 1 is 1.32 bits per heavy atom. The molecular formula is C14H17N3OS. The van der Waals surface area contributed by atoms with Crippen molar-refractivity contribution in [3.63, 3.8) is 0 Å². The summed E-state index contributed by atoms with van der Waals surface area (Å²) in [5.41, 5.74) is 0.244. The van der Waals surface area contributed by atoms with Gasteiger partial charge in [0.15, 0.2) is 5.96 Å². The molecule has 1 atom stereocenters. The molecule has 1 unspecified atom stereocenters. The molecule has 2 N–H and O–H groups in total. The van der Waals surface area contributed by atoms with Crippen molar-refractivity contribution < 1.29 is 4.79 Å². The summed E-state index contributed by atoms with van der Waals surface area (Å²) >= 11 is 1.69. The smallest absolute Gasteiger partial charge is 0.256 e. The Labute approximate surface area is 117 Å². The molecule has 1 aliphatic heterocycles. The summed E-state index contributed by atoms with van der Waals surface area (Å²) in [5, 5.41) is 6.06. The lowest BCUT2D eigenvalue weighted by Gasteiger charge is -2.21. The molecule has 3 rings (SSSR count). The van der Waals surface area contributed by atoms with Crippen LogP contribution in [0.25, 0.3) is 0 Å². The van der Waals surface area contributed by atoms with Gasteiger partial charge in [0.2, 0.25) is 0 Å². The summed E-state index contributed by atoms with van der Waals surface area (Å²) in [6, 6.07) is 8.47. The quantitative estimate of drug-likeness (QED) is 0.828. The summed E-state index contributed by atoms with van der Waals surface area (Å²) in [7, 11) is 0.